The van der Waals surface area contributed by atoms with Crippen LogP contribution in [0.1, 0.15) is 16.1 Å². The number of aliphatic imine (C=N–C) groups is 1. The number of aromatic carboxylic acids is 1. The third-order valence-electron chi connectivity index (χ3n) is 5.75. The molecule has 1 aliphatic rings. The van der Waals surface area contributed by atoms with Crippen molar-refractivity contribution < 1.29 is 28.6 Å². The van der Waals surface area contributed by atoms with Crippen LogP contribution in [0, 0.1) is 0 Å². The van der Waals surface area contributed by atoms with Gasteiger partial charge in [0.1, 0.15) is 28.7 Å². The van der Waals surface area contributed by atoms with Crippen LogP contribution < -0.4 is 14.4 Å². The average molecular weight is 527 g/mol. The number of carboxylic acid groups (broad SMARTS) is 1. The SMILES string of the molecule is COc1ccccc1N=C1S/C(=C\c2ccc(-c3ccc(C(=O)O)cc3)o2)C(=O)N1c1ccccc1OC. The molecule has 1 aliphatic heterocycles. The van der Waals surface area contributed by atoms with Gasteiger partial charge in [0.15, 0.2) is 5.17 Å². The zero-order valence-electron chi connectivity index (χ0n) is 20.5. The normalized spacial score (nSPS) is 15.3. The molecule has 3 aromatic carbocycles. The van der Waals surface area contributed by atoms with Gasteiger partial charge in [-0.15, -0.1) is 0 Å². The topological polar surface area (TPSA) is 102 Å². The predicted molar refractivity (Wildman–Crippen MR) is 147 cm³/mol. The second-order valence-electron chi connectivity index (χ2n) is 8.07. The Hall–Kier alpha value is -4.76. The largest absolute Gasteiger partial charge is 0.495 e. The molecular weight excluding hydrogens is 504 g/mol. The van der Waals surface area contributed by atoms with E-state index in [2.05, 4.69) is 0 Å². The standard InChI is InChI=1S/C29H22N2O6S/c1-35-24-9-5-3-7-21(24)30-29-31(22-8-4-6-10-25(22)36-2)27(32)26(38-29)17-20-15-16-23(37-20)18-11-13-19(14-12-18)28(33)34/h3-17H,1-2H3,(H,33,34)/b26-17-,30-29?. The molecule has 0 radical (unpaired) electrons. The van der Waals surface area contributed by atoms with E-state index in [9.17, 15) is 9.59 Å². The number of ether oxygens (including phenoxy) is 2. The Morgan fingerprint density at radius 1 is 0.921 bits per heavy atom. The lowest BCUT2D eigenvalue weighted by Gasteiger charge is -2.18. The average Bonchev–Trinajstić information content (AvgIpc) is 3.53. The molecule has 1 saturated heterocycles. The maximum absolute atomic E-state index is 13.7. The smallest absolute Gasteiger partial charge is 0.335 e. The van der Waals surface area contributed by atoms with Crippen molar-refractivity contribution in [3.05, 3.63) is 101 Å². The van der Waals surface area contributed by atoms with E-state index in [1.165, 1.54) is 28.8 Å². The molecule has 0 saturated carbocycles. The van der Waals surface area contributed by atoms with Crippen molar-refractivity contribution in [3.63, 3.8) is 0 Å². The molecule has 0 spiro atoms. The maximum Gasteiger partial charge on any atom is 0.335 e. The number of benzene rings is 3. The summed E-state index contributed by atoms with van der Waals surface area (Å²) in [5.41, 5.74) is 2.05. The van der Waals surface area contributed by atoms with Gasteiger partial charge in [0.25, 0.3) is 5.91 Å². The highest BCUT2D eigenvalue weighted by Crippen LogP contribution is 2.42. The molecule has 1 aromatic heterocycles. The number of carbonyl (C=O) groups excluding carboxylic acids is 1. The molecule has 1 N–H and O–H groups in total. The fraction of sp³-hybridized carbons (Fsp3) is 0.0690. The minimum absolute atomic E-state index is 0.189. The zero-order chi connectivity index (χ0) is 26.6. The molecule has 0 bridgehead atoms. The van der Waals surface area contributed by atoms with Gasteiger partial charge in [-0.05, 0) is 60.3 Å². The van der Waals surface area contributed by atoms with E-state index in [1.54, 1.807) is 62.8 Å². The van der Waals surface area contributed by atoms with Crippen LogP contribution in [-0.2, 0) is 4.79 Å². The molecule has 9 heteroatoms. The van der Waals surface area contributed by atoms with Crippen LogP contribution in [0.3, 0.4) is 0 Å². The highest BCUT2D eigenvalue weighted by atomic mass is 32.2. The predicted octanol–water partition coefficient (Wildman–Crippen LogP) is 6.47. The first-order valence-electron chi connectivity index (χ1n) is 11.5. The molecule has 190 valence electrons. The summed E-state index contributed by atoms with van der Waals surface area (Å²) in [4.78, 5) is 31.5. The van der Waals surface area contributed by atoms with E-state index in [-0.39, 0.29) is 11.5 Å². The summed E-state index contributed by atoms with van der Waals surface area (Å²) in [7, 11) is 3.12. The minimum Gasteiger partial charge on any atom is -0.495 e. The van der Waals surface area contributed by atoms with Crippen molar-refractivity contribution in [1.82, 2.24) is 0 Å². The number of para-hydroxylation sites is 4. The number of hydrogen-bond acceptors (Lipinski definition) is 7. The summed E-state index contributed by atoms with van der Waals surface area (Å²) in [6.07, 6.45) is 1.66. The summed E-state index contributed by atoms with van der Waals surface area (Å²) < 4.78 is 16.9. The fourth-order valence-electron chi connectivity index (χ4n) is 3.89. The molecule has 0 atom stereocenters. The van der Waals surface area contributed by atoms with Crippen LogP contribution in [0.5, 0.6) is 11.5 Å². The second-order valence-corrected chi connectivity index (χ2v) is 9.08. The van der Waals surface area contributed by atoms with Gasteiger partial charge in [-0.3, -0.25) is 9.69 Å². The number of nitrogens with zero attached hydrogens (tertiary/aromatic N) is 2. The van der Waals surface area contributed by atoms with Gasteiger partial charge >= 0.3 is 5.97 Å². The molecule has 5 rings (SSSR count). The minimum atomic E-state index is -0.997. The molecule has 0 unspecified atom stereocenters. The van der Waals surface area contributed by atoms with Crippen molar-refractivity contribution in [1.29, 1.82) is 0 Å². The number of hydrogen-bond donors (Lipinski definition) is 1. The highest BCUT2D eigenvalue weighted by molar-refractivity contribution is 8.19. The third kappa shape index (κ3) is 4.91. The molecule has 8 nitrogen and oxygen atoms in total. The number of carbonyl (C=O) groups is 2. The van der Waals surface area contributed by atoms with Gasteiger partial charge in [0, 0.05) is 11.6 Å². The summed E-state index contributed by atoms with van der Waals surface area (Å²) in [6, 6.07) is 24.5. The summed E-state index contributed by atoms with van der Waals surface area (Å²) in [5, 5.41) is 9.56. The van der Waals surface area contributed by atoms with Crippen LogP contribution in [0.2, 0.25) is 0 Å². The van der Waals surface area contributed by atoms with E-state index in [0.717, 1.165) is 5.56 Å². The lowest BCUT2D eigenvalue weighted by molar-refractivity contribution is -0.113. The van der Waals surface area contributed by atoms with Gasteiger partial charge in [-0.1, -0.05) is 36.4 Å². The molecule has 2 heterocycles. The van der Waals surface area contributed by atoms with Crippen LogP contribution >= 0.6 is 11.8 Å². The fourth-order valence-corrected chi connectivity index (χ4v) is 4.86. The van der Waals surface area contributed by atoms with Crippen molar-refractivity contribution in [2.24, 2.45) is 4.99 Å². The summed E-state index contributed by atoms with van der Waals surface area (Å²) >= 11 is 1.21. The second kappa shape index (κ2) is 10.7. The van der Waals surface area contributed by atoms with Crippen LogP contribution in [0.4, 0.5) is 11.4 Å². The van der Waals surface area contributed by atoms with E-state index in [4.69, 9.17) is 24.0 Å². The number of methoxy groups -OCH3 is 2. The lowest BCUT2D eigenvalue weighted by Crippen LogP contribution is -2.29. The first-order valence-corrected chi connectivity index (χ1v) is 12.3. The van der Waals surface area contributed by atoms with Gasteiger partial charge in [0.2, 0.25) is 0 Å². The zero-order valence-corrected chi connectivity index (χ0v) is 21.3. The number of amidine groups is 1. The monoisotopic (exact) mass is 526 g/mol. The summed E-state index contributed by atoms with van der Waals surface area (Å²) in [6.45, 7) is 0. The van der Waals surface area contributed by atoms with Crippen molar-refractivity contribution in [3.8, 4) is 22.8 Å². The highest BCUT2D eigenvalue weighted by Gasteiger charge is 2.36. The first-order chi connectivity index (χ1) is 18.5. The molecule has 0 aliphatic carbocycles. The molecule has 1 amide bonds. The number of amides is 1. The number of rotatable bonds is 7. The molecule has 4 aromatic rings. The number of furan rings is 1. The van der Waals surface area contributed by atoms with Gasteiger partial charge in [-0.2, -0.15) is 0 Å². The molecular formula is C29H22N2O6S. The van der Waals surface area contributed by atoms with Crippen LogP contribution in [-0.4, -0.2) is 36.4 Å². The van der Waals surface area contributed by atoms with E-state index in [0.29, 0.717) is 44.5 Å². The number of carboxylic acids is 1. The van der Waals surface area contributed by atoms with Crippen molar-refractivity contribution in [2.75, 3.05) is 19.1 Å². The Kier molecular flexibility index (Phi) is 7.01. The Balaban J connectivity index is 1.53. The van der Waals surface area contributed by atoms with Crippen molar-refractivity contribution in [2.45, 2.75) is 0 Å². The third-order valence-corrected chi connectivity index (χ3v) is 6.72. The van der Waals surface area contributed by atoms with Crippen LogP contribution in [0.15, 0.2) is 99.2 Å². The number of anilines is 1. The Morgan fingerprint density at radius 2 is 1.61 bits per heavy atom. The molecule has 38 heavy (non-hydrogen) atoms. The first kappa shape index (κ1) is 24.9. The Labute approximate surface area is 222 Å². The summed E-state index contributed by atoms with van der Waals surface area (Å²) in [5.74, 6) is 0.848. The van der Waals surface area contributed by atoms with Crippen LogP contribution in [0.25, 0.3) is 17.4 Å². The Bertz CT molecular complexity index is 1570. The number of thioether (sulfide) groups is 1. The van der Waals surface area contributed by atoms with E-state index < -0.39 is 5.97 Å². The van der Waals surface area contributed by atoms with E-state index >= 15 is 0 Å². The quantitative estimate of drug-likeness (QED) is 0.275. The Morgan fingerprint density at radius 3 is 2.32 bits per heavy atom. The lowest BCUT2D eigenvalue weighted by atomic mass is 10.1. The maximum atomic E-state index is 13.7. The molecule has 1 fully saturated rings. The van der Waals surface area contributed by atoms with Gasteiger partial charge in [-0.25, -0.2) is 9.79 Å². The van der Waals surface area contributed by atoms with Gasteiger partial charge < -0.3 is 19.0 Å². The van der Waals surface area contributed by atoms with E-state index in [1.807, 2.05) is 30.3 Å². The van der Waals surface area contributed by atoms with Gasteiger partial charge in [0.05, 0.1) is 30.4 Å². The van der Waals surface area contributed by atoms with Crippen molar-refractivity contribution >= 4 is 46.3 Å².